The zero-order valence-corrected chi connectivity index (χ0v) is 9.60. The van der Waals surface area contributed by atoms with Crippen LogP contribution in [0.2, 0.25) is 5.02 Å². The van der Waals surface area contributed by atoms with E-state index in [4.69, 9.17) is 16.9 Å². The van der Waals surface area contributed by atoms with Crippen LogP contribution in [0.4, 0.5) is 0 Å². The molecule has 0 fully saturated rings. The summed E-state index contributed by atoms with van der Waals surface area (Å²) in [5.74, 6) is 0. The van der Waals surface area contributed by atoms with Crippen molar-refractivity contribution in [1.29, 1.82) is 5.26 Å². The van der Waals surface area contributed by atoms with Crippen LogP contribution in [0.1, 0.15) is 17.5 Å². The largest absolute Gasteiger partial charge is 0.303 e. The van der Waals surface area contributed by atoms with Gasteiger partial charge in [-0.05, 0) is 24.1 Å². The van der Waals surface area contributed by atoms with Gasteiger partial charge in [0.15, 0.2) is 0 Å². The van der Waals surface area contributed by atoms with Gasteiger partial charge in [0.05, 0.1) is 11.6 Å². The molecule has 0 amide bonds. The third-order valence-corrected chi connectivity index (χ3v) is 2.83. The van der Waals surface area contributed by atoms with Crippen molar-refractivity contribution in [2.75, 3.05) is 0 Å². The van der Waals surface area contributed by atoms with Gasteiger partial charge in [0.1, 0.15) is 6.29 Å². The molecule has 0 aromatic heterocycles. The fourth-order valence-electron chi connectivity index (χ4n) is 1.11. The molecule has 0 heterocycles. The van der Waals surface area contributed by atoms with Gasteiger partial charge in [-0.3, -0.25) is 0 Å². The van der Waals surface area contributed by atoms with Gasteiger partial charge in [-0.15, -0.1) is 0 Å². The second-order valence-corrected chi connectivity index (χ2v) is 4.00. The van der Waals surface area contributed by atoms with E-state index in [0.717, 1.165) is 16.3 Å². The predicted octanol–water partition coefficient (Wildman–Crippen LogP) is 3.11. The van der Waals surface area contributed by atoms with E-state index in [2.05, 4.69) is 15.9 Å². The molecule has 1 rings (SSSR count). The lowest BCUT2D eigenvalue weighted by Gasteiger charge is -2.05. The van der Waals surface area contributed by atoms with Crippen LogP contribution in [0, 0.1) is 11.3 Å². The highest BCUT2D eigenvalue weighted by molar-refractivity contribution is 9.10. The number of halogens is 2. The van der Waals surface area contributed by atoms with E-state index < -0.39 is 0 Å². The molecule has 2 nitrogen and oxygen atoms in total. The second kappa shape index (κ2) is 5.14. The summed E-state index contributed by atoms with van der Waals surface area (Å²) >= 11 is 9.27. The highest BCUT2D eigenvalue weighted by Crippen LogP contribution is 2.27. The lowest BCUT2D eigenvalue weighted by molar-refractivity contribution is -0.107. The lowest BCUT2D eigenvalue weighted by atomic mass is 10.1. The zero-order chi connectivity index (χ0) is 10.6. The minimum absolute atomic E-state index is 0.435. The first-order valence-electron chi connectivity index (χ1n) is 4.00. The Balaban J connectivity index is 3.06. The minimum atomic E-state index is 0.435. The minimum Gasteiger partial charge on any atom is -0.303 e. The Labute approximate surface area is 95.6 Å². The van der Waals surface area contributed by atoms with Gasteiger partial charge in [-0.1, -0.05) is 27.5 Å². The van der Waals surface area contributed by atoms with Gasteiger partial charge >= 0.3 is 0 Å². The number of nitriles is 1. The molecule has 0 unspecified atom stereocenters. The predicted molar refractivity (Wildman–Crippen MR) is 58.3 cm³/mol. The standard InChI is InChI=1S/C10H7BrClNO/c11-9-4-7(6-13)5-10(12)8(9)2-1-3-14/h3-5H,1-2H2. The van der Waals surface area contributed by atoms with Gasteiger partial charge in [-0.25, -0.2) is 0 Å². The Kier molecular flexibility index (Phi) is 4.12. The molecule has 0 atom stereocenters. The monoisotopic (exact) mass is 271 g/mol. The molecular weight excluding hydrogens is 265 g/mol. The van der Waals surface area contributed by atoms with Crippen molar-refractivity contribution in [3.8, 4) is 6.07 Å². The van der Waals surface area contributed by atoms with E-state index in [1.165, 1.54) is 0 Å². The summed E-state index contributed by atoms with van der Waals surface area (Å²) < 4.78 is 0.781. The molecule has 4 heteroatoms. The number of aldehydes is 1. The van der Waals surface area contributed by atoms with E-state index in [0.29, 0.717) is 23.4 Å². The Morgan fingerprint density at radius 1 is 1.57 bits per heavy atom. The molecule has 0 saturated heterocycles. The van der Waals surface area contributed by atoms with Crippen molar-refractivity contribution in [2.24, 2.45) is 0 Å². The summed E-state index contributed by atoms with van der Waals surface area (Å²) in [7, 11) is 0. The molecule has 0 aliphatic heterocycles. The van der Waals surface area contributed by atoms with E-state index in [-0.39, 0.29) is 0 Å². The Morgan fingerprint density at radius 2 is 2.29 bits per heavy atom. The first kappa shape index (κ1) is 11.2. The summed E-state index contributed by atoms with van der Waals surface area (Å²) in [6.45, 7) is 0. The van der Waals surface area contributed by atoms with E-state index in [1.807, 2.05) is 6.07 Å². The SMILES string of the molecule is N#Cc1cc(Cl)c(CCC=O)c(Br)c1. The van der Waals surface area contributed by atoms with Crippen molar-refractivity contribution in [3.05, 3.63) is 32.8 Å². The molecular formula is C10H7BrClNO. The summed E-state index contributed by atoms with van der Waals surface area (Å²) in [5.41, 5.74) is 1.38. The molecule has 0 aliphatic rings. The smallest absolute Gasteiger partial charge is 0.120 e. The van der Waals surface area contributed by atoms with Crippen molar-refractivity contribution in [3.63, 3.8) is 0 Å². The average molecular weight is 273 g/mol. The number of rotatable bonds is 3. The summed E-state index contributed by atoms with van der Waals surface area (Å²) in [4.78, 5) is 10.2. The van der Waals surface area contributed by atoms with Crippen molar-refractivity contribution in [1.82, 2.24) is 0 Å². The van der Waals surface area contributed by atoms with Gasteiger partial charge in [0.2, 0.25) is 0 Å². The summed E-state index contributed by atoms with van der Waals surface area (Å²) in [6.07, 6.45) is 1.87. The highest BCUT2D eigenvalue weighted by Gasteiger charge is 2.07. The third kappa shape index (κ3) is 2.57. The van der Waals surface area contributed by atoms with Crippen molar-refractivity contribution in [2.45, 2.75) is 12.8 Å². The molecule has 0 radical (unpaired) electrons. The fraction of sp³-hybridized carbons (Fsp3) is 0.200. The molecule has 0 spiro atoms. The van der Waals surface area contributed by atoms with E-state index in [9.17, 15) is 4.79 Å². The molecule has 1 aromatic rings. The fourth-order valence-corrected chi connectivity index (χ4v) is 2.20. The highest BCUT2D eigenvalue weighted by atomic mass is 79.9. The van der Waals surface area contributed by atoms with Crippen LogP contribution in [0.25, 0.3) is 0 Å². The quantitative estimate of drug-likeness (QED) is 0.793. The van der Waals surface area contributed by atoms with Crippen LogP contribution in [0.3, 0.4) is 0 Å². The Morgan fingerprint density at radius 3 is 2.79 bits per heavy atom. The maximum absolute atomic E-state index is 10.2. The first-order chi connectivity index (χ1) is 6.69. The topological polar surface area (TPSA) is 40.9 Å². The normalized spacial score (nSPS) is 9.50. The van der Waals surface area contributed by atoms with Gasteiger partial charge in [0, 0.05) is 15.9 Å². The van der Waals surface area contributed by atoms with Crippen LogP contribution < -0.4 is 0 Å². The molecule has 1 aromatic carbocycles. The number of hydrogen-bond donors (Lipinski definition) is 0. The Bertz CT molecular complexity index is 375. The number of carbonyl (C=O) groups excluding carboxylic acids is 1. The van der Waals surface area contributed by atoms with Crippen LogP contribution in [-0.4, -0.2) is 6.29 Å². The van der Waals surface area contributed by atoms with Gasteiger partial charge < -0.3 is 4.79 Å². The summed E-state index contributed by atoms with van der Waals surface area (Å²) in [6, 6.07) is 5.31. The second-order valence-electron chi connectivity index (χ2n) is 2.74. The van der Waals surface area contributed by atoms with Crippen molar-refractivity contribution >= 4 is 33.8 Å². The number of carbonyl (C=O) groups is 1. The number of nitrogens with zero attached hydrogens (tertiary/aromatic N) is 1. The lowest BCUT2D eigenvalue weighted by Crippen LogP contribution is -1.91. The average Bonchev–Trinajstić information content (AvgIpc) is 2.16. The number of benzene rings is 1. The van der Waals surface area contributed by atoms with E-state index in [1.54, 1.807) is 12.1 Å². The van der Waals surface area contributed by atoms with Crippen LogP contribution >= 0.6 is 27.5 Å². The molecule has 0 bridgehead atoms. The van der Waals surface area contributed by atoms with Gasteiger partial charge in [0.25, 0.3) is 0 Å². The molecule has 0 saturated carbocycles. The first-order valence-corrected chi connectivity index (χ1v) is 5.17. The zero-order valence-electron chi connectivity index (χ0n) is 7.26. The summed E-state index contributed by atoms with van der Waals surface area (Å²) in [5, 5.41) is 9.19. The van der Waals surface area contributed by atoms with E-state index >= 15 is 0 Å². The molecule has 14 heavy (non-hydrogen) atoms. The van der Waals surface area contributed by atoms with Crippen LogP contribution in [-0.2, 0) is 11.2 Å². The van der Waals surface area contributed by atoms with Crippen molar-refractivity contribution < 1.29 is 4.79 Å². The molecule has 72 valence electrons. The Hall–Kier alpha value is -0.850. The molecule has 0 aliphatic carbocycles. The third-order valence-electron chi connectivity index (χ3n) is 1.78. The molecule has 0 N–H and O–H groups in total. The maximum atomic E-state index is 10.2. The maximum Gasteiger partial charge on any atom is 0.120 e. The van der Waals surface area contributed by atoms with Crippen LogP contribution in [0.5, 0.6) is 0 Å². The van der Waals surface area contributed by atoms with Gasteiger partial charge in [-0.2, -0.15) is 5.26 Å². The van der Waals surface area contributed by atoms with Crippen LogP contribution in [0.15, 0.2) is 16.6 Å². The number of hydrogen-bond acceptors (Lipinski definition) is 2.